The first kappa shape index (κ1) is 26.9. The van der Waals surface area contributed by atoms with Crippen LogP contribution in [0.1, 0.15) is 72.1 Å². The normalized spacial score (nSPS) is 15.8. The van der Waals surface area contributed by atoms with E-state index in [0.29, 0.717) is 26.2 Å². The van der Waals surface area contributed by atoms with Crippen molar-refractivity contribution in [2.24, 2.45) is 11.8 Å². The minimum atomic E-state index is -0.286. The summed E-state index contributed by atoms with van der Waals surface area (Å²) in [6.45, 7) is 5.91. The first-order valence-corrected chi connectivity index (χ1v) is 11.2. The average Bonchev–Trinajstić information content (AvgIpc) is 3.13. The highest BCUT2D eigenvalue weighted by molar-refractivity contribution is 5.90. The molecule has 0 radical (unpaired) electrons. The Morgan fingerprint density at radius 1 is 1.03 bits per heavy atom. The van der Waals surface area contributed by atoms with Gasteiger partial charge in [-0.05, 0) is 69.8 Å². The van der Waals surface area contributed by atoms with Crippen LogP contribution >= 0.6 is 0 Å². The van der Waals surface area contributed by atoms with Crippen molar-refractivity contribution in [2.75, 3.05) is 26.4 Å². The number of carbonyl (C=O) groups is 3. The molecule has 1 N–H and O–H groups in total. The Morgan fingerprint density at radius 2 is 1.61 bits per heavy atom. The average molecular weight is 439 g/mol. The van der Waals surface area contributed by atoms with Crippen LogP contribution in [-0.2, 0) is 28.6 Å². The molecule has 0 aromatic rings. The molecule has 0 saturated carbocycles. The number of hydrogen-bond donors (Lipinski definition) is 1. The number of aliphatic hydroxyl groups excluding tert-OH is 1. The summed E-state index contributed by atoms with van der Waals surface area (Å²) < 4.78 is 15.4. The summed E-state index contributed by atoms with van der Waals surface area (Å²) in [6, 6.07) is 0. The van der Waals surface area contributed by atoms with Gasteiger partial charge in [-0.1, -0.05) is 18.1 Å². The van der Waals surface area contributed by atoms with E-state index >= 15 is 0 Å². The third-order valence-corrected chi connectivity index (χ3v) is 5.45. The van der Waals surface area contributed by atoms with Gasteiger partial charge in [0.25, 0.3) is 0 Å². The van der Waals surface area contributed by atoms with Crippen molar-refractivity contribution in [3.05, 3.63) is 23.3 Å². The van der Waals surface area contributed by atoms with Crippen LogP contribution < -0.4 is 0 Å². The van der Waals surface area contributed by atoms with Crippen molar-refractivity contribution < 1.29 is 33.7 Å². The number of hydrogen-bond acceptors (Lipinski definition) is 7. The van der Waals surface area contributed by atoms with E-state index in [0.717, 1.165) is 56.1 Å². The van der Waals surface area contributed by atoms with Crippen molar-refractivity contribution in [1.29, 1.82) is 0 Å². The Morgan fingerprint density at radius 3 is 2.13 bits per heavy atom. The molecule has 0 bridgehead atoms. The van der Waals surface area contributed by atoms with Crippen molar-refractivity contribution in [2.45, 2.75) is 72.1 Å². The maximum absolute atomic E-state index is 11.6. The lowest BCUT2D eigenvalue weighted by atomic mass is 9.91. The van der Waals surface area contributed by atoms with E-state index in [9.17, 15) is 14.4 Å². The minimum Gasteiger partial charge on any atom is -0.466 e. The predicted octanol–water partition coefficient (Wildman–Crippen LogP) is 3.89. The van der Waals surface area contributed by atoms with Crippen LogP contribution in [0.3, 0.4) is 0 Å². The molecule has 0 aromatic heterocycles. The third-order valence-electron chi connectivity index (χ3n) is 5.45. The monoisotopic (exact) mass is 438 g/mol. The maximum Gasteiger partial charge on any atom is 0.334 e. The smallest absolute Gasteiger partial charge is 0.334 e. The van der Waals surface area contributed by atoms with E-state index < -0.39 is 0 Å². The lowest BCUT2D eigenvalue weighted by Gasteiger charge is -2.20. The van der Waals surface area contributed by atoms with Crippen LogP contribution in [0, 0.1) is 11.8 Å². The fourth-order valence-electron chi connectivity index (χ4n) is 3.60. The second-order valence-corrected chi connectivity index (χ2v) is 8.27. The standard InChI is InChI=1S/C24H38O7/c1-18(15-25)7-4-8-21(16-30-19(2)26)9-5-10-22(17-31-20(3)27)11-6-12-23-13-14-29-24(23)28/h7,13,21-22,25H,4-6,8-12,14-17H2,1-3H3/b18-7+/t21-,22-/m1/s1. The fraction of sp³-hybridized carbons (Fsp3) is 0.708. The van der Waals surface area contributed by atoms with Gasteiger partial charge in [0.15, 0.2) is 0 Å². The molecule has 1 rings (SSSR count). The van der Waals surface area contributed by atoms with Gasteiger partial charge in [-0.15, -0.1) is 0 Å². The summed E-state index contributed by atoms with van der Waals surface area (Å²) >= 11 is 0. The number of esters is 3. The molecular weight excluding hydrogens is 400 g/mol. The Balaban J connectivity index is 2.48. The minimum absolute atomic E-state index is 0.0566. The number of aliphatic hydroxyl groups is 1. The fourth-order valence-corrected chi connectivity index (χ4v) is 3.60. The van der Waals surface area contributed by atoms with Crippen LogP contribution in [0.5, 0.6) is 0 Å². The summed E-state index contributed by atoms with van der Waals surface area (Å²) in [5.74, 6) is -0.312. The predicted molar refractivity (Wildman–Crippen MR) is 117 cm³/mol. The van der Waals surface area contributed by atoms with Gasteiger partial charge in [0.05, 0.1) is 19.8 Å². The molecule has 1 aliphatic heterocycles. The van der Waals surface area contributed by atoms with Crippen molar-refractivity contribution in [1.82, 2.24) is 0 Å². The lowest BCUT2D eigenvalue weighted by Crippen LogP contribution is -2.15. The van der Waals surface area contributed by atoms with E-state index in [1.807, 2.05) is 19.1 Å². The first-order chi connectivity index (χ1) is 14.8. The van der Waals surface area contributed by atoms with Crippen LogP contribution in [0.2, 0.25) is 0 Å². The van der Waals surface area contributed by atoms with Crippen LogP contribution in [0.15, 0.2) is 23.3 Å². The number of ether oxygens (including phenoxy) is 3. The molecule has 0 aliphatic carbocycles. The van der Waals surface area contributed by atoms with Gasteiger partial charge in [-0.25, -0.2) is 4.79 Å². The van der Waals surface area contributed by atoms with Crippen LogP contribution in [-0.4, -0.2) is 49.4 Å². The number of cyclic esters (lactones) is 1. The molecule has 176 valence electrons. The number of rotatable bonds is 16. The molecule has 0 unspecified atom stereocenters. The Hall–Kier alpha value is -2.15. The topological polar surface area (TPSA) is 99.1 Å². The van der Waals surface area contributed by atoms with E-state index in [1.165, 1.54) is 13.8 Å². The zero-order chi connectivity index (χ0) is 23.1. The van der Waals surface area contributed by atoms with Crippen molar-refractivity contribution in [3.63, 3.8) is 0 Å². The van der Waals surface area contributed by atoms with E-state index in [2.05, 4.69) is 0 Å². The number of allylic oxidation sites excluding steroid dienone is 1. The van der Waals surface area contributed by atoms with Gasteiger partial charge in [0.1, 0.15) is 6.61 Å². The molecule has 0 spiro atoms. The maximum atomic E-state index is 11.6. The van der Waals surface area contributed by atoms with Gasteiger partial charge in [-0.2, -0.15) is 0 Å². The molecule has 2 atom stereocenters. The molecule has 1 aliphatic rings. The number of carbonyl (C=O) groups excluding carboxylic acids is 3. The van der Waals surface area contributed by atoms with Crippen LogP contribution in [0.4, 0.5) is 0 Å². The van der Waals surface area contributed by atoms with Gasteiger partial charge < -0.3 is 19.3 Å². The Bertz CT molecular complexity index is 636. The first-order valence-electron chi connectivity index (χ1n) is 11.2. The summed E-state index contributed by atoms with van der Waals surface area (Å²) in [6.07, 6.45) is 10.7. The largest absolute Gasteiger partial charge is 0.466 e. The SMILES string of the molecule is CC(=O)OC[C@@H](CCCC1=CCOC1=O)CCC[C@@H](CC/C=C(\C)CO)COC(C)=O. The highest BCUT2D eigenvalue weighted by Crippen LogP contribution is 2.24. The zero-order valence-electron chi connectivity index (χ0n) is 19.2. The van der Waals surface area contributed by atoms with Gasteiger partial charge in [-0.3, -0.25) is 9.59 Å². The second kappa shape index (κ2) is 15.6. The molecule has 7 heteroatoms. The van der Waals surface area contributed by atoms with Gasteiger partial charge in [0, 0.05) is 19.4 Å². The van der Waals surface area contributed by atoms with Crippen LogP contribution in [0.25, 0.3) is 0 Å². The molecule has 0 aromatic carbocycles. The second-order valence-electron chi connectivity index (χ2n) is 8.27. The highest BCUT2D eigenvalue weighted by atomic mass is 16.5. The lowest BCUT2D eigenvalue weighted by molar-refractivity contribution is -0.143. The summed E-state index contributed by atoms with van der Waals surface area (Å²) in [7, 11) is 0. The van der Waals surface area contributed by atoms with Crippen molar-refractivity contribution >= 4 is 17.9 Å². The molecular formula is C24H38O7. The van der Waals surface area contributed by atoms with E-state index in [1.54, 1.807) is 0 Å². The molecule has 1 heterocycles. The highest BCUT2D eigenvalue weighted by Gasteiger charge is 2.18. The zero-order valence-corrected chi connectivity index (χ0v) is 19.2. The molecule has 31 heavy (non-hydrogen) atoms. The van der Waals surface area contributed by atoms with Crippen molar-refractivity contribution in [3.8, 4) is 0 Å². The van der Waals surface area contributed by atoms with E-state index in [-0.39, 0.29) is 36.4 Å². The van der Waals surface area contributed by atoms with Gasteiger partial charge >= 0.3 is 17.9 Å². The summed E-state index contributed by atoms with van der Waals surface area (Å²) in [5, 5.41) is 9.12. The molecule has 7 nitrogen and oxygen atoms in total. The molecule has 0 amide bonds. The third kappa shape index (κ3) is 13.0. The summed E-state index contributed by atoms with van der Waals surface area (Å²) in [5.41, 5.74) is 1.67. The van der Waals surface area contributed by atoms with E-state index in [4.69, 9.17) is 19.3 Å². The van der Waals surface area contributed by atoms with Gasteiger partial charge in [0.2, 0.25) is 0 Å². The molecule has 0 saturated heterocycles. The Labute approximate surface area is 185 Å². The molecule has 0 fully saturated rings. The quantitative estimate of drug-likeness (QED) is 0.222. The Kier molecular flexibility index (Phi) is 13.5. The summed E-state index contributed by atoms with van der Waals surface area (Å²) in [4.78, 5) is 34.0.